The summed E-state index contributed by atoms with van der Waals surface area (Å²) in [5, 5.41) is 5.63. The van der Waals surface area contributed by atoms with Crippen LogP contribution >= 0.6 is 0 Å². The largest absolute Gasteiger partial charge is 0.376 e. The predicted molar refractivity (Wildman–Crippen MR) is 91.1 cm³/mol. The van der Waals surface area contributed by atoms with Gasteiger partial charge in [-0.2, -0.15) is 0 Å². The van der Waals surface area contributed by atoms with Gasteiger partial charge in [-0.05, 0) is 37.6 Å². The number of para-hydroxylation sites is 1. The number of carbonyl (C=O) groups excluding carboxylic acids is 2. The van der Waals surface area contributed by atoms with E-state index in [0.29, 0.717) is 5.69 Å². The Morgan fingerprint density at radius 2 is 1.70 bits per heavy atom. The SMILES string of the molecule is Cc1ccc(NCC(=O)NNC(=O)Nc2ccccc2)c(C)c1. The minimum absolute atomic E-state index is 0.0650. The van der Waals surface area contributed by atoms with Crippen LogP contribution in [0.2, 0.25) is 0 Å². The summed E-state index contributed by atoms with van der Waals surface area (Å²) in [6, 6.07) is 14.4. The number of carbonyl (C=O) groups is 2. The quantitative estimate of drug-likeness (QED) is 0.655. The summed E-state index contributed by atoms with van der Waals surface area (Å²) in [6.07, 6.45) is 0. The molecule has 0 atom stereocenters. The van der Waals surface area contributed by atoms with E-state index in [2.05, 4.69) is 21.5 Å². The number of aryl methyl sites for hydroxylation is 2. The Bertz CT molecular complexity index is 686. The van der Waals surface area contributed by atoms with Crippen LogP contribution in [0.25, 0.3) is 0 Å². The van der Waals surface area contributed by atoms with Crippen LogP contribution in [0.3, 0.4) is 0 Å². The molecule has 0 fully saturated rings. The Labute approximate surface area is 135 Å². The van der Waals surface area contributed by atoms with Crippen LogP contribution in [0.1, 0.15) is 11.1 Å². The van der Waals surface area contributed by atoms with Crippen molar-refractivity contribution in [2.24, 2.45) is 0 Å². The molecule has 0 aromatic heterocycles. The molecule has 0 aliphatic rings. The third-order valence-electron chi connectivity index (χ3n) is 3.17. The molecule has 6 heteroatoms. The second kappa shape index (κ2) is 7.84. The highest BCUT2D eigenvalue weighted by molar-refractivity contribution is 5.91. The first kappa shape index (κ1) is 16.4. The molecule has 0 heterocycles. The van der Waals surface area contributed by atoms with E-state index < -0.39 is 6.03 Å². The lowest BCUT2D eigenvalue weighted by Crippen LogP contribution is -2.46. The molecular weight excluding hydrogens is 292 g/mol. The molecule has 2 aromatic rings. The Morgan fingerprint density at radius 1 is 0.957 bits per heavy atom. The highest BCUT2D eigenvalue weighted by Crippen LogP contribution is 2.15. The van der Waals surface area contributed by atoms with Gasteiger partial charge in [0.05, 0.1) is 6.54 Å². The van der Waals surface area contributed by atoms with E-state index >= 15 is 0 Å². The fraction of sp³-hybridized carbons (Fsp3) is 0.176. The van der Waals surface area contributed by atoms with Crippen LogP contribution in [0.5, 0.6) is 0 Å². The first-order valence-corrected chi connectivity index (χ1v) is 7.26. The van der Waals surface area contributed by atoms with E-state index in [1.54, 1.807) is 12.1 Å². The lowest BCUT2D eigenvalue weighted by molar-refractivity contribution is -0.120. The van der Waals surface area contributed by atoms with Crippen LogP contribution in [0, 0.1) is 13.8 Å². The summed E-state index contributed by atoms with van der Waals surface area (Å²) in [6.45, 7) is 4.05. The molecular formula is C17H20N4O2. The molecule has 0 spiro atoms. The van der Waals surface area contributed by atoms with Crippen molar-refractivity contribution in [2.75, 3.05) is 17.2 Å². The molecule has 0 aliphatic heterocycles. The molecule has 0 saturated carbocycles. The molecule has 6 nitrogen and oxygen atoms in total. The second-order valence-corrected chi connectivity index (χ2v) is 5.17. The summed E-state index contributed by atoms with van der Waals surface area (Å²) in [5.74, 6) is -0.340. The molecule has 2 rings (SSSR count). The Kier molecular flexibility index (Phi) is 5.57. The van der Waals surface area contributed by atoms with Gasteiger partial charge in [-0.1, -0.05) is 35.9 Å². The zero-order valence-electron chi connectivity index (χ0n) is 13.1. The number of urea groups is 1. The van der Waals surface area contributed by atoms with Crippen molar-refractivity contribution in [3.63, 3.8) is 0 Å². The summed E-state index contributed by atoms with van der Waals surface area (Å²) in [5.41, 5.74) is 8.40. The monoisotopic (exact) mass is 312 g/mol. The van der Waals surface area contributed by atoms with E-state index in [4.69, 9.17) is 0 Å². The fourth-order valence-electron chi connectivity index (χ4n) is 2.04. The number of nitrogens with one attached hydrogen (secondary N) is 4. The van der Waals surface area contributed by atoms with Gasteiger partial charge in [0, 0.05) is 11.4 Å². The van der Waals surface area contributed by atoms with Crippen molar-refractivity contribution in [3.05, 3.63) is 59.7 Å². The molecule has 0 unspecified atom stereocenters. The Morgan fingerprint density at radius 3 is 2.39 bits per heavy atom. The number of hydrogen-bond acceptors (Lipinski definition) is 3. The number of hydrazine groups is 1. The van der Waals surface area contributed by atoms with Crippen molar-refractivity contribution >= 4 is 23.3 Å². The van der Waals surface area contributed by atoms with Crippen LogP contribution < -0.4 is 21.5 Å². The average Bonchev–Trinajstić information content (AvgIpc) is 2.53. The van der Waals surface area contributed by atoms with E-state index in [0.717, 1.165) is 16.8 Å². The maximum atomic E-state index is 11.7. The third kappa shape index (κ3) is 5.35. The van der Waals surface area contributed by atoms with Gasteiger partial charge in [0.15, 0.2) is 0 Å². The van der Waals surface area contributed by atoms with Gasteiger partial charge in [-0.3, -0.25) is 10.2 Å². The van der Waals surface area contributed by atoms with Gasteiger partial charge in [0.25, 0.3) is 5.91 Å². The lowest BCUT2D eigenvalue weighted by Gasteiger charge is -2.11. The summed E-state index contributed by atoms with van der Waals surface area (Å²) >= 11 is 0. The number of anilines is 2. The number of benzene rings is 2. The van der Waals surface area contributed by atoms with E-state index in [1.165, 1.54) is 0 Å². The molecule has 23 heavy (non-hydrogen) atoms. The number of amides is 3. The van der Waals surface area contributed by atoms with Crippen molar-refractivity contribution in [2.45, 2.75) is 13.8 Å². The maximum absolute atomic E-state index is 11.7. The van der Waals surface area contributed by atoms with Crippen LogP contribution in [-0.4, -0.2) is 18.5 Å². The van der Waals surface area contributed by atoms with Gasteiger partial charge in [-0.15, -0.1) is 0 Å². The van der Waals surface area contributed by atoms with E-state index in [-0.39, 0.29) is 12.5 Å². The molecule has 3 amide bonds. The normalized spacial score (nSPS) is 9.83. The summed E-state index contributed by atoms with van der Waals surface area (Å²) < 4.78 is 0. The van der Waals surface area contributed by atoms with Gasteiger partial charge >= 0.3 is 6.03 Å². The standard InChI is InChI=1S/C17H20N4O2/c1-12-8-9-15(13(2)10-12)18-11-16(22)20-21-17(23)19-14-6-4-3-5-7-14/h3-10,18H,11H2,1-2H3,(H,20,22)(H2,19,21,23). The molecule has 0 bridgehead atoms. The van der Waals surface area contributed by atoms with Gasteiger partial charge < -0.3 is 10.6 Å². The maximum Gasteiger partial charge on any atom is 0.337 e. The summed E-state index contributed by atoms with van der Waals surface area (Å²) in [4.78, 5) is 23.4. The number of rotatable bonds is 4. The first-order chi connectivity index (χ1) is 11.0. The Balaban J connectivity index is 1.73. The third-order valence-corrected chi connectivity index (χ3v) is 3.17. The molecule has 0 saturated heterocycles. The first-order valence-electron chi connectivity index (χ1n) is 7.26. The molecule has 120 valence electrons. The topological polar surface area (TPSA) is 82.3 Å². The highest BCUT2D eigenvalue weighted by Gasteiger charge is 2.05. The van der Waals surface area contributed by atoms with Gasteiger partial charge in [0.1, 0.15) is 0 Å². The zero-order valence-corrected chi connectivity index (χ0v) is 13.1. The van der Waals surface area contributed by atoms with Crippen LogP contribution in [0.4, 0.5) is 16.2 Å². The lowest BCUT2D eigenvalue weighted by atomic mass is 10.1. The minimum Gasteiger partial charge on any atom is -0.376 e. The second-order valence-electron chi connectivity index (χ2n) is 5.17. The van der Waals surface area contributed by atoms with Crippen LogP contribution in [-0.2, 0) is 4.79 Å². The molecule has 0 radical (unpaired) electrons. The van der Waals surface area contributed by atoms with Crippen LogP contribution in [0.15, 0.2) is 48.5 Å². The molecule has 2 aromatic carbocycles. The van der Waals surface area contributed by atoms with Crippen molar-refractivity contribution in [3.8, 4) is 0 Å². The highest BCUT2D eigenvalue weighted by atomic mass is 16.2. The van der Waals surface area contributed by atoms with Gasteiger partial charge in [0.2, 0.25) is 0 Å². The molecule has 0 aliphatic carbocycles. The fourth-order valence-corrected chi connectivity index (χ4v) is 2.04. The van der Waals surface area contributed by atoms with Crippen molar-refractivity contribution in [1.82, 2.24) is 10.9 Å². The Hall–Kier alpha value is -3.02. The van der Waals surface area contributed by atoms with E-state index in [9.17, 15) is 9.59 Å². The molecule has 4 N–H and O–H groups in total. The van der Waals surface area contributed by atoms with Gasteiger partial charge in [-0.25, -0.2) is 10.2 Å². The minimum atomic E-state index is -0.504. The summed E-state index contributed by atoms with van der Waals surface area (Å²) in [7, 11) is 0. The van der Waals surface area contributed by atoms with Crippen molar-refractivity contribution < 1.29 is 9.59 Å². The van der Waals surface area contributed by atoms with E-state index in [1.807, 2.05) is 50.2 Å². The zero-order chi connectivity index (χ0) is 16.7. The number of hydrogen-bond donors (Lipinski definition) is 4. The smallest absolute Gasteiger partial charge is 0.337 e. The average molecular weight is 312 g/mol. The van der Waals surface area contributed by atoms with Crippen molar-refractivity contribution in [1.29, 1.82) is 0 Å². The predicted octanol–water partition coefficient (Wildman–Crippen LogP) is 2.57.